The number of benzene rings is 2. The van der Waals surface area contributed by atoms with Crippen molar-refractivity contribution in [2.45, 2.75) is 59.3 Å². The maximum Gasteiger partial charge on any atom is 0.278 e. The van der Waals surface area contributed by atoms with Crippen molar-refractivity contribution < 1.29 is 14.3 Å². The molecule has 0 aliphatic rings. The summed E-state index contributed by atoms with van der Waals surface area (Å²) in [5.41, 5.74) is 4.44. The number of methoxy groups -OCH3 is 2. The van der Waals surface area contributed by atoms with Gasteiger partial charge < -0.3 is 14.8 Å². The molecule has 1 N–H and O–H groups in total. The Hall–Kier alpha value is -3.35. The monoisotopic (exact) mass is 450 g/mol. The van der Waals surface area contributed by atoms with Crippen LogP contribution in [0.15, 0.2) is 36.4 Å². The van der Waals surface area contributed by atoms with Crippen LogP contribution in [0, 0.1) is 6.92 Å². The number of carbonyl (C=O) groups excluding carboxylic acids is 1. The number of rotatable bonds is 5. The lowest BCUT2D eigenvalue weighted by Crippen LogP contribution is -2.19. The lowest BCUT2D eigenvalue weighted by Gasteiger charge is -2.26. The van der Waals surface area contributed by atoms with Crippen LogP contribution in [0.2, 0.25) is 0 Å². The van der Waals surface area contributed by atoms with Crippen molar-refractivity contribution >= 4 is 11.6 Å². The van der Waals surface area contributed by atoms with Gasteiger partial charge in [0.15, 0.2) is 5.69 Å². The fourth-order valence-electron chi connectivity index (χ4n) is 3.49. The molecular weight excluding hydrogens is 416 g/mol. The number of nitrogens with one attached hydrogen (secondary N) is 1. The van der Waals surface area contributed by atoms with E-state index in [0.717, 1.165) is 16.8 Å². The van der Waals surface area contributed by atoms with Gasteiger partial charge in [-0.25, -0.2) is 4.68 Å². The maximum atomic E-state index is 13.2. The first-order valence-corrected chi connectivity index (χ1v) is 11.0. The fraction of sp³-hybridized carbons (Fsp3) is 0.423. The number of amides is 1. The Morgan fingerprint density at radius 3 is 2.03 bits per heavy atom. The second kappa shape index (κ2) is 8.89. The van der Waals surface area contributed by atoms with Gasteiger partial charge in [-0.15, -0.1) is 5.10 Å². The van der Waals surface area contributed by atoms with Gasteiger partial charge in [0.2, 0.25) is 0 Å². The van der Waals surface area contributed by atoms with E-state index in [1.807, 2.05) is 12.1 Å². The summed E-state index contributed by atoms with van der Waals surface area (Å²) in [6, 6.07) is 11.7. The molecule has 3 rings (SSSR count). The van der Waals surface area contributed by atoms with Crippen LogP contribution >= 0.6 is 0 Å². The molecule has 1 heterocycles. The topological polar surface area (TPSA) is 78.3 Å². The average molecular weight is 451 g/mol. The Morgan fingerprint density at radius 1 is 0.909 bits per heavy atom. The van der Waals surface area contributed by atoms with E-state index < -0.39 is 0 Å². The number of hydrogen-bond acceptors (Lipinski definition) is 5. The summed E-state index contributed by atoms with van der Waals surface area (Å²) in [6.07, 6.45) is 0. The first-order valence-electron chi connectivity index (χ1n) is 11.0. The third kappa shape index (κ3) is 5.18. The highest BCUT2D eigenvalue weighted by molar-refractivity contribution is 6.03. The molecule has 33 heavy (non-hydrogen) atoms. The van der Waals surface area contributed by atoms with E-state index >= 15 is 0 Å². The molecule has 0 fully saturated rings. The molecule has 0 bridgehead atoms. The van der Waals surface area contributed by atoms with Crippen molar-refractivity contribution in [3.05, 3.63) is 58.9 Å². The Balaban J connectivity index is 1.99. The molecule has 2 aromatic carbocycles. The predicted octanol–water partition coefficient (Wildman–Crippen LogP) is 5.44. The normalized spacial score (nSPS) is 11.9. The maximum absolute atomic E-state index is 13.2. The Labute approximate surface area is 196 Å². The van der Waals surface area contributed by atoms with Crippen LogP contribution in [0.1, 0.15) is 68.9 Å². The number of nitrogens with zero attached hydrogens (tertiary/aromatic N) is 3. The summed E-state index contributed by atoms with van der Waals surface area (Å²) in [5, 5.41) is 11.4. The minimum Gasteiger partial charge on any atom is -0.497 e. The van der Waals surface area contributed by atoms with Crippen molar-refractivity contribution in [3.63, 3.8) is 0 Å². The SMILES string of the molecule is COc1ccc(OC)c(-n2nnc(C(=O)Nc3cc(C(C)(C)C)cc(C(C)(C)C)c3)c2C)c1. The zero-order chi connectivity index (χ0) is 24.6. The minimum atomic E-state index is -0.313. The number of hydrogen-bond donors (Lipinski definition) is 1. The zero-order valence-corrected chi connectivity index (χ0v) is 21.0. The van der Waals surface area contributed by atoms with Gasteiger partial charge in [0, 0.05) is 11.8 Å². The first kappa shape index (κ1) is 24.3. The lowest BCUT2D eigenvalue weighted by atomic mass is 9.80. The zero-order valence-electron chi connectivity index (χ0n) is 21.0. The first-order chi connectivity index (χ1) is 15.3. The smallest absolute Gasteiger partial charge is 0.278 e. The van der Waals surface area contributed by atoms with Crippen molar-refractivity contribution in [2.75, 3.05) is 19.5 Å². The minimum absolute atomic E-state index is 0.0529. The summed E-state index contributed by atoms with van der Waals surface area (Å²) in [6.45, 7) is 14.8. The summed E-state index contributed by atoms with van der Waals surface area (Å²) in [5.74, 6) is 0.940. The molecule has 7 heteroatoms. The van der Waals surface area contributed by atoms with Crippen molar-refractivity contribution in [3.8, 4) is 17.2 Å². The van der Waals surface area contributed by atoms with E-state index in [4.69, 9.17) is 9.47 Å². The average Bonchev–Trinajstić information content (AvgIpc) is 3.13. The van der Waals surface area contributed by atoms with Crippen LogP contribution in [-0.2, 0) is 10.8 Å². The Morgan fingerprint density at radius 2 is 1.52 bits per heavy atom. The Kier molecular flexibility index (Phi) is 6.54. The molecule has 0 saturated carbocycles. The lowest BCUT2D eigenvalue weighted by molar-refractivity contribution is 0.102. The second-order valence-corrected chi connectivity index (χ2v) is 10.2. The molecule has 0 radical (unpaired) electrons. The molecule has 0 aliphatic heterocycles. The third-order valence-electron chi connectivity index (χ3n) is 5.65. The van der Waals surface area contributed by atoms with E-state index in [9.17, 15) is 4.79 Å². The molecule has 176 valence electrons. The fourth-order valence-corrected chi connectivity index (χ4v) is 3.49. The van der Waals surface area contributed by atoms with Gasteiger partial charge in [0.05, 0.1) is 19.9 Å². The van der Waals surface area contributed by atoms with Crippen LogP contribution < -0.4 is 14.8 Å². The molecule has 1 aromatic heterocycles. The van der Waals surface area contributed by atoms with Crippen LogP contribution in [0.4, 0.5) is 5.69 Å². The molecule has 0 atom stereocenters. The number of ether oxygens (including phenoxy) is 2. The largest absolute Gasteiger partial charge is 0.497 e. The molecule has 0 unspecified atom stereocenters. The number of aromatic nitrogens is 3. The highest BCUT2D eigenvalue weighted by atomic mass is 16.5. The van der Waals surface area contributed by atoms with Crippen molar-refractivity contribution in [1.29, 1.82) is 0 Å². The van der Waals surface area contributed by atoms with E-state index in [0.29, 0.717) is 22.9 Å². The van der Waals surface area contributed by atoms with Crippen LogP contribution in [-0.4, -0.2) is 35.1 Å². The predicted molar refractivity (Wildman–Crippen MR) is 131 cm³/mol. The summed E-state index contributed by atoms with van der Waals surface area (Å²) >= 11 is 0. The summed E-state index contributed by atoms with van der Waals surface area (Å²) in [4.78, 5) is 13.2. The molecule has 0 aliphatic carbocycles. The number of carbonyl (C=O) groups is 1. The van der Waals surface area contributed by atoms with Gasteiger partial charge in [0.1, 0.15) is 17.2 Å². The standard InChI is InChI=1S/C26H34N4O3/c1-16-23(28-29-30(16)21-15-20(32-8)10-11-22(21)33-9)24(31)27-19-13-17(25(2,3)4)12-18(14-19)26(5,6)7/h10-15H,1-9H3,(H,27,31). The van der Waals surface area contributed by atoms with Gasteiger partial charge in [-0.1, -0.05) is 52.8 Å². The Bertz CT molecular complexity index is 1140. The van der Waals surface area contributed by atoms with E-state index in [1.54, 1.807) is 44.0 Å². The van der Waals surface area contributed by atoms with Gasteiger partial charge in [-0.2, -0.15) is 0 Å². The highest BCUT2D eigenvalue weighted by Crippen LogP contribution is 2.32. The molecular formula is C26H34N4O3. The van der Waals surface area contributed by atoms with Crippen molar-refractivity contribution in [2.24, 2.45) is 0 Å². The summed E-state index contributed by atoms with van der Waals surface area (Å²) < 4.78 is 12.4. The van der Waals surface area contributed by atoms with Gasteiger partial charge in [-0.3, -0.25) is 4.79 Å². The molecule has 3 aromatic rings. The third-order valence-corrected chi connectivity index (χ3v) is 5.65. The van der Waals surface area contributed by atoms with Crippen LogP contribution in [0.25, 0.3) is 5.69 Å². The van der Waals surface area contributed by atoms with E-state index in [1.165, 1.54) is 0 Å². The molecule has 0 saturated heterocycles. The summed E-state index contributed by atoms with van der Waals surface area (Å²) in [7, 11) is 3.18. The number of anilines is 1. The van der Waals surface area contributed by atoms with Gasteiger partial charge in [-0.05, 0) is 53.1 Å². The van der Waals surface area contributed by atoms with Gasteiger partial charge >= 0.3 is 0 Å². The van der Waals surface area contributed by atoms with Crippen LogP contribution in [0.5, 0.6) is 11.5 Å². The van der Waals surface area contributed by atoms with E-state index in [-0.39, 0.29) is 22.4 Å². The van der Waals surface area contributed by atoms with E-state index in [2.05, 4.69) is 63.2 Å². The molecule has 1 amide bonds. The quantitative estimate of drug-likeness (QED) is 0.560. The molecule has 0 spiro atoms. The van der Waals surface area contributed by atoms with Crippen molar-refractivity contribution in [1.82, 2.24) is 15.0 Å². The molecule has 7 nitrogen and oxygen atoms in total. The highest BCUT2D eigenvalue weighted by Gasteiger charge is 2.23. The second-order valence-electron chi connectivity index (χ2n) is 10.2. The van der Waals surface area contributed by atoms with Gasteiger partial charge in [0.25, 0.3) is 5.91 Å². The van der Waals surface area contributed by atoms with Crippen LogP contribution in [0.3, 0.4) is 0 Å².